The first-order chi connectivity index (χ1) is 18.8. The third kappa shape index (κ3) is 7.13. The van der Waals surface area contributed by atoms with Crippen LogP contribution in [0.3, 0.4) is 0 Å². The molecule has 0 aliphatic carbocycles. The van der Waals surface area contributed by atoms with Gasteiger partial charge in [0.1, 0.15) is 16.9 Å². The smallest absolute Gasteiger partial charge is 0.433 e. The summed E-state index contributed by atoms with van der Waals surface area (Å²) in [6.45, 7) is 1.21. The molecule has 0 fully saturated rings. The number of hydrogen-bond acceptors (Lipinski definition) is 4. The van der Waals surface area contributed by atoms with Crippen molar-refractivity contribution in [3.63, 3.8) is 0 Å². The van der Waals surface area contributed by atoms with E-state index in [2.05, 4.69) is 10.3 Å². The monoisotopic (exact) mass is 618 g/mol. The Morgan fingerprint density at radius 2 is 1.39 bits per heavy atom. The maximum absolute atomic E-state index is 14.5. The molecular formula is C25H17ClF10N2O3. The number of halogens is 11. The number of aromatic nitrogens is 1. The molecular weight excluding hydrogens is 602 g/mol. The number of carbonyl (C=O) groups is 1. The Hall–Kier alpha value is -3.75. The first-order valence-corrected chi connectivity index (χ1v) is 11.6. The van der Waals surface area contributed by atoms with Crippen LogP contribution >= 0.6 is 11.6 Å². The van der Waals surface area contributed by atoms with Crippen LogP contribution in [0.1, 0.15) is 23.4 Å². The predicted molar refractivity (Wildman–Crippen MR) is 125 cm³/mol. The van der Waals surface area contributed by atoms with Crippen LogP contribution in [0.25, 0.3) is 0 Å². The van der Waals surface area contributed by atoms with E-state index in [1.807, 2.05) is 0 Å². The second-order valence-corrected chi connectivity index (χ2v) is 8.80. The van der Waals surface area contributed by atoms with Gasteiger partial charge < -0.3 is 14.8 Å². The van der Waals surface area contributed by atoms with Crippen molar-refractivity contribution < 1.29 is 58.2 Å². The summed E-state index contributed by atoms with van der Waals surface area (Å²) in [5, 5.41) is -1.22. The maximum atomic E-state index is 14.5. The largest absolute Gasteiger partial charge is 0.481 e. The Balaban J connectivity index is 1.70. The third-order valence-electron chi connectivity index (χ3n) is 5.46. The lowest BCUT2D eigenvalue weighted by Gasteiger charge is -2.34. The zero-order chi connectivity index (χ0) is 30.8. The number of ether oxygens (including phenoxy) is 2. The molecule has 2 aromatic carbocycles. The first kappa shape index (κ1) is 31.8. The summed E-state index contributed by atoms with van der Waals surface area (Å²) < 4.78 is 142. The molecule has 0 bridgehead atoms. The van der Waals surface area contributed by atoms with Crippen LogP contribution < -0.4 is 14.8 Å². The molecule has 3 rings (SSSR count). The summed E-state index contributed by atoms with van der Waals surface area (Å²) in [5.41, 5.74) is -8.40. The van der Waals surface area contributed by atoms with Gasteiger partial charge in [-0.2, -0.15) is 39.5 Å². The molecule has 1 N–H and O–H groups in total. The van der Waals surface area contributed by atoms with Crippen LogP contribution in [0.4, 0.5) is 49.6 Å². The first-order valence-electron chi connectivity index (χ1n) is 11.2. The Bertz CT molecular complexity index is 1330. The predicted octanol–water partition coefficient (Wildman–Crippen LogP) is 8.41. The highest BCUT2D eigenvalue weighted by Gasteiger charge is 2.76. The average Bonchev–Trinajstić information content (AvgIpc) is 2.87. The fourth-order valence-electron chi connectivity index (χ4n) is 3.30. The Labute approximate surface area is 230 Å². The van der Waals surface area contributed by atoms with Crippen molar-refractivity contribution >= 4 is 23.2 Å². The molecule has 222 valence electrons. The van der Waals surface area contributed by atoms with Crippen molar-refractivity contribution in [1.29, 1.82) is 0 Å². The number of nitrogens with zero attached hydrogens (tertiary/aromatic N) is 1. The number of pyridine rings is 1. The van der Waals surface area contributed by atoms with Gasteiger partial charge in [0.05, 0.1) is 5.56 Å². The minimum atomic E-state index is -6.43. The molecule has 0 radical (unpaired) electrons. The zero-order valence-corrected chi connectivity index (χ0v) is 21.1. The fraction of sp³-hybridized carbons (Fsp3) is 0.280. The van der Waals surface area contributed by atoms with E-state index in [0.717, 1.165) is 24.3 Å². The molecule has 0 aliphatic heterocycles. The lowest BCUT2D eigenvalue weighted by Crippen LogP contribution is -2.56. The van der Waals surface area contributed by atoms with Gasteiger partial charge >= 0.3 is 24.2 Å². The van der Waals surface area contributed by atoms with Gasteiger partial charge in [-0.15, -0.1) is 11.6 Å². The second-order valence-electron chi connectivity index (χ2n) is 8.36. The van der Waals surface area contributed by atoms with Crippen LogP contribution in [0, 0.1) is 0 Å². The van der Waals surface area contributed by atoms with Gasteiger partial charge in [0, 0.05) is 18.0 Å². The van der Waals surface area contributed by atoms with Crippen molar-refractivity contribution in [3.8, 4) is 17.4 Å². The fourth-order valence-corrected chi connectivity index (χ4v) is 3.74. The molecule has 0 unspecified atom stereocenters. The van der Waals surface area contributed by atoms with Gasteiger partial charge in [0.15, 0.2) is 6.10 Å². The number of alkyl halides is 11. The number of rotatable bonds is 8. The van der Waals surface area contributed by atoms with E-state index in [-0.39, 0.29) is 17.4 Å². The normalized spacial score (nSPS) is 14.2. The summed E-state index contributed by atoms with van der Waals surface area (Å²) in [4.78, 5) is 16.2. The number of carbonyl (C=O) groups excluding carboxylic acids is 1. The van der Waals surface area contributed by atoms with Gasteiger partial charge in [0.25, 0.3) is 5.91 Å². The maximum Gasteiger partial charge on any atom is 0.433 e. The minimum Gasteiger partial charge on any atom is -0.481 e. The molecule has 1 amide bonds. The van der Waals surface area contributed by atoms with Crippen LogP contribution in [0.15, 0.2) is 66.9 Å². The number of benzene rings is 2. The van der Waals surface area contributed by atoms with Crippen molar-refractivity contribution in [3.05, 3.63) is 78.0 Å². The van der Waals surface area contributed by atoms with Crippen LogP contribution in [0.5, 0.6) is 17.4 Å². The van der Waals surface area contributed by atoms with Gasteiger partial charge in [-0.1, -0.05) is 18.2 Å². The van der Waals surface area contributed by atoms with Gasteiger partial charge in [-0.25, -0.2) is 9.37 Å². The zero-order valence-electron chi connectivity index (χ0n) is 20.3. The molecule has 0 saturated carbocycles. The van der Waals surface area contributed by atoms with Crippen molar-refractivity contribution in [1.82, 2.24) is 4.98 Å². The highest BCUT2D eigenvalue weighted by molar-refractivity contribution is 6.22. The van der Waals surface area contributed by atoms with Crippen molar-refractivity contribution in [2.24, 2.45) is 0 Å². The molecule has 5 nitrogen and oxygen atoms in total. The van der Waals surface area contributed by atoms with Crippen LogP contribution in [-0.2, 0) is 11.0 Å². The summed E-state index contributed by atoms with van der Waals surface area (Å²) in [6.07, 6.45) is -18.2. The highest BCUT2D eigenvalue weighted by atomic mass is 35.5. The van der Waals surface area contributed by atoms with E-state index in [1.54, 1.807) is 0 Å². The second kappa shape index (κ2) is 11.6. The standard InChI is InChI=1S/C25H17ClF10N2O3/c1-13(40-15-7-9-16(10-8-15)41-19-11-6-14(12-37-19)23(28,29)30)21(39)38-18-5-3-2-4-17(18)20(26)22(27,24(31,32)33)25(34,35)36/h2-13,20H,1H3,(H,38,39)/t13-,20-/m1/s1. The molecule has 0 aliphatic rings. The van der Waals surface area contributed by atoms with E-state index in [4.69, 9.17) is 21.1 Å². The van der Waals surface area contributed by atoms with Crippen molar-refractivity contribution in [2.75, 3.05) is 5.32 Å². The molecule has 41 heavy (non-hydrogen) atoms. The molecule has 0 saturated heterocycles. The molecule has 1 aromatic heterocycles. The van der Waals surface area contributed by atoms with Gasteiger partial charge in [-0.3, -0.25) is 4.79 Å². The van der Waals surface area contributed by atoms with E-state index < -0.39 is 58.4 Å². The summed E-state index contributed by atoms with van der Waals surface area (Å²) in [5.74, 6) is -0.989. The van der Waals surface area contributed by atoms with Crippen molar-refractivity contribution in [2.45, 2.75) is 42.6 Å². The summed E-state index contributed by atoms with van der Waals surface area (Å²) in [6, 6.07) is 10.8. The molecule has 2 atom stereocenters. The number of anilines is 1. The molecule has 16 heteroatoms. The summed E-state index contributed by atoms with van der Waals surface area (Å²) >= 11 is 5.42. The third-order valence-corrected chi connectivity index (χ3v) is 5.99. The summed E-state index contributed by atoms with van der Waals surface area (Å²) in [7, 11) is 0. The van der Waals surface area contributed by atoms with E-state index in [9.17, 15) is 48.7 Å². The Kier molecular flexibility index (Phi) is 9.01. The number of para-hydroxylation sites is 1. The van der Waals surface area contributed by atoms with Crippen LogP contribution in [-0.4, -0.2) is 35.0 Å². The lowest BCUT2D eigenvalue weighted by atomic mass is 9.93. The minimum absolute atomic E-state index is 0.0563. The van der Waals surface area contributed by atoms with E-state index in [1.165, 1.54) is 37.3 Å². The molecule has 0 spiro atoms. The van der Waals surface area contributed by atoms with Crippen LogP contribution in [0.2, 0.25) is 0 Å². The lowest BCUT2D eigenvalue weighted by molar-refractivity contribution is -0.342. The van der Waals surface area contributed by atoms with Gasteiger partial charge in [-0.05, 0) is 48.9 Å². The number of hydrogen-bond donors (Lipinski definition) is 1. The molecule has 1 heterocycles. The van der Waals surface area contributed by atoms with E-state index in [0.29, 0.717) is 12.3 Å². The Morgan fingerprint density at radius 3 is 1.90 bits per heavy atom. The van der Waals surface area contributed by atoms with Gasteiger partial charge in [0.2, 0.25) is 5.88 Å². The highest BCUT2D eigenvalue weighted by Crippen LogP contribution is 2.56. The number of nitrogens with one attached hydrogen (secondary N) is 1. The Morgan fingerprint density at radius 1 is 0.829 bits per heavy atom. The van der Waals surface area contributed by atoms with E-state index >= 15 is 0 Å². The number of amides is 1. The SMILES string of the molecule is C[C@@H](Oc1ccc(Oc2ccc(C(F)(F)F)cn2)cc1)C(=O)Nc1ccccc1[C@@H](Cl)C(F)(C(F)(F)F)C(F)(F)F. The molecule has 3 aromatic rings. The topological polar surface area (TPSA) is 60.5 Å². The quantitative estimate of drug-likeness (QED) is 0.203. The average molecular weight is 619 g/mol.